The Kier molecular flexibility index (Phi) is 304. The molecule has 4 aromatic carbocycles. The van der Waals surface area contributed by atoms with E-state index in [4.69, 9.17) is 0 Å². The molecule has 0 aliphatic carbocycles. The molecule has 0 fully saturated rings. The van der Waals surface area contributed by atoms with Crippen LogP contribution < -0.4 is 0 Å². The Bertz CT molecular complexity index is 722. The summed E-state index contributed by atoms with van der Waals surface area (Å²) in [6.07, 6.45) is 0. The normalized spacial score (nSPS) is 4.98. The van der Waals surface area contributed by atoms with Gasteiger partial charge in [-0.1, -0.05) is 121 Å². The molecule has 0 atom stereocenters. The maximum atomic E-state index is 2.12. The molecule has 0 unspecified atom stereocenters. The first kappa shape index (κ1) is 137. The molecule has 0 aliphatic rings. The van der Waals surface area contributed by atoms with Crippen molar-refractivity contribution in [1.29, 1.82) is 0 Å². The Morgan fingerprint density at radius 1 is 0.184 bits per heavy atom. The van der Waals surface area contributed by atoms with E-state index in [1.165, 1.54) is 22.3 Å². The minimum atomic E-state index is 0. The zero-order chi connectivity index (χ0) is 20.5. The van der Waals surface area contributed by atoms with Gasteiger partial charge in [0.15, 0.2) is 0 Å². The predicted octanol–water partition coefficient (Wildman–Crippen LogP) is 10.6. The maximum Gasteiger partial charge on any atom is 0 e. The summed E-state index contributed by atoms with van der Waals surface area (Å²) in [6, 6.07) is 40.7. The quantitative estimate of drug-likeness (QED) is 0.154. The average molecular weight is 1790 g/mol. The monoisotopic (exact) mass is 1790 g/mol. The van der Waals surface area contributed by atoms with Gasteiger partial charge in [-0.3, -0.25) is 0 Å². The molecule has 0 spiro atoms. The van der Waals surface area contributed by atoms with Gasteiger partial charge in [0.1, 0.15) is 0 Å². The van der Waals surface area contributed by atoms with Gasteiger partial charge in [-0.05, 0) is 49.9 Å². The molecule has 0 saturated carbocycles. The molecular formula is C34H50Y15-6. The topological polar surface area (TPSA) is 0 Å². The molecule has 0 saturated heterocycles. The van der Waals surface area contributed by atoms with Gasteiger partial charge in [0.05, 0.1) is 0 Å². The Morgan fingerprint density at radius 3 is 0.327 bits per heavy atom. The van der Waals surface area contributed by atoms with Crippen LogP contribution in [0.4, 0.5) is 0 Å². The third-order valence-corrected chi connectivity index (χ3v) is 4.18. The molecule has 0 heterocycles. The first-order valence-corrected chi connectivity index (χ1v) is 9.65. The molecular weight excluding hydrogens is 1740 g/mol. The summed E-state index contributed by atoms with van der Waals surface area (Å²) in [7, 11) is 0. The Hall–Kier alpha value is 13.4. The molecule has 0 amide bonds. The van der Waals surface area contributed by atoms with Gasteiger partial charge in [0.25, 0.3) is 0 Å². The summed E-state index contributed by atoms with van der Waals surface area (Å²) in [6.45, 7) is 8.48. The van der Waals surface area contributed by atoms with E-state index < -0.39 is 0 Å². The number of hydrogen-bond acceptors (Lipinski definition) is 0. The van der Waals surface area contributed by atoms with Crippen LogP contribution in [0.5, 0.6) is 0 Å². The molecule has 0 nitrogen and oxygen atoms in total. The van der Waals surface area contributed by atoms with Crippen molar-refractivity contribution in [3.8, 4) is 0 Å². The Labute approximate surface area is 686 Å². The van der Waals surface area contributed by atoms with Crippen molar-refractivity contribution < 1.29 is 491 Å². The fraction of sp³-hybridized carbons (Fsp3) is 0.118. The van der Waals surface area contributed by atoms with Crippen molar-refractivity contribution in [2.45, 2.75) is 27.7 Å². The van der Waals surface area contributed by atoms with Gasteiger partial charge in [-0.15, -0.1) is 0 Å². The summed E-state index contributed by atoms with van der Waals surface area (Å²) in [5.74, 6) is 0. The minimum Gasteiger partial charge on any atom is -0.358 e. The molecule has 0 N–H and O–H groups in total. The third kappa shape index (κ3) is 96.5. The van der Waals surface area contributed by atoms with Crippen LogP contribution in [0.15, 0.2) is 121 Å². The molecule has 0 bridgehead atoms. The molecule has 4 aromatic rings. The summed E-state index contributed by atoms with van der Waals surface area (Å²) >= 11 is 0. The standard InChI is InChI=1S/2C8H10.2C6H6.6CH3.15Y/c2*1-7-5-3-4-6-8(7)2;2*1-2-4-6-5-3-1;;;;;;;;;;;;;;;;;;;;;/h2*3-6H,1-2H3;2*1-6H;6*1H3;;;;;;;;;;;;;;;/q;;;;6*-1;;;;;;;;;;;;;;;. The van der Waals surface area contributed by atoms with E-state index in [2.05, 4.69) is 76.2 Å². The number of hydrogen-bond donors (Lipinski definition) is 0. The first-order chi connectivity index (χ1) is 13.6. The second kappa shape index (κ2) is 109. The van der Waals surface area contributed by atoms with Crippen molar-refractivity contribution in [2.24, 2.45) is 0 Å². The van der Waals surface area contributed by atoms with Gasteiger partial charge in [-0.25, -0.2) is 0 Å². The summed E-state index contributed by atoms with van der Waals surface area (Å²) < 4.78 is 0. The van der Waals surface area contributed by atoms with Gasteiger partial charge in [0.2, 0.25) is 0 Å². The van der Waals surface area contributed by atoms with Crippen LogP contribution in [0.2, 0.25) is 0 Å². The van der Waals surface area contributed by atoms with Crippen LogP contribution >= 0.6 is 0 Å². The van der Waals surface area contributed by atoms with Crippen LogP contribution in [-0.4, -0.2) is 0 Å². The third-order valence-electron chi connectivity index (χ3n) is 4.18. The van der Waals surface area contributed by atoms with Crippen LogP contribution in [-0.2, 0) is 491 Å². The molecule has 15 radical (unpaired) electrons. The van der Waals surface area contributed by atoms with Gasteiger partial charge in [0, 0.05) is 491 Å². The largest absolute Gasteiger partial charge is 0.358 e. The van der Waals surface area contributed by atoms with Crippen molar-refractivity contribution in [2.75, 3.05) is 0 Å². The van der Waals surface area contributed by atoms with E-state index in [-0.39, 0.29) is 535 Å². The minimum absolute atomic E-state index is 0. The smallest absolute Gasteiger partial charge is 0 e. The van der Waals surface area contributed by atoms with E-state index in [1.807, 2.05) is 72.8 Å². The molecule has 237 valence electrons. The first-order valence-electron chi connectivity index (χ1n) is 9.65. The van der Waals surface area contributed by atoms with Crippen molar-refractivity contribution in [3.05, 3.63) is 188 Å². The molecule has 15 heteroatoms. The fourth-order valence-electron chi connectivity index (χ4n) is 2.10. The van der Waals surface area contributed by atoms with E-state index in [9.17, 15) is 0 Å². The SMILES string of the molecule is Cc1ccccc1C.Cc1ccccc1C.[CH3-].[CH3-].[CH3-].[CH3-].[CH3-].[CH3-].[Y].[Y].[Y].[Y].[Y].[Y].[Y].[Y].[Y].[Y].[Y].[Y].[Y].[Y].[Y].c1ccccc1.c1ccccc1. The Morgan fingerprint density at radius 2 is 0.265 bits per heavy atom. The van der Waals surface area contributed by atoms with Crippen LogP contribution in [0.3, 0.4) is 0 Å². The van der Waals surface area contributed by atoms with E-state index in [0.29, 0.717) is 0 Å². The van der Waals surface area contributed by atoms with Gasteiger partial charge in [-0.2, -0.15) is 0 Å². The van der Waals surface area contributed by atoms with Crippen LogP contribution in [0.1, 0.15) is 22.3 Å². The molecule has 0 aliphatic heterocycles. The summed E-state index contributed by atoms with van der Waals surface area (Å²) in [5.41, 5.74) is 5.47. The number of benzene rings is 4. The van der Waals surface area contributed by atoms with Crippen molar-refractivity contribution >= 4 is 0 Å². The molecule has 4 rings (SSSR count). The number of aryl methyl sites for hydroxylation is 4. The average Bonchev–Trinajstić information content (AvgIpc) is 2.76. The van der Waals surface area contributed by atoms with Crippen molar-refractivity contribution in [3.63, 3.8) is 0 Å². The second-order valence-electron chi connectivity index (χ2n) is 6.48. The molecule has 49 heavy (non-hydrogen) atoms. The fourth-order valence-corrected chi connectivity index (χ4v) is 2.10. The van der Waals surface area contributed by atoms with E-state index in [1.54, 1.807) is 0 Å². The van der Waals surface area contributed by atoms with Crippen molar-refractivity contribution in [1.82, 2.24) is 0 Å². The maximum absolute atomic E-state index is 2.12. The van der Waals surface area contributed by atoms with Crippen LogP contribution in [0, 0.1) is 72.3 Å². The number of rotatable bonds is 0. The summed E-state index contributed by atoms with van der Waals surface area (Å²) in [5, 5.41) is 0. The van der Waals surface area contributed by atoms with Crippen LogP contribution in [0.25, 0.3) is 0 Å². The summed E-state index contributed by atoms with van der Waals surface area (Å²) in [4.78, 5) is 0. The zero-order valence-corrected chi connectivity index (χ0v) is 74.8. The zero-order valence-electron chi connectivity index (χ0n) is 32.2. The van der Waals surface area contributed by atoms with Gasteiger partial charge < -0.3 is 44.6 Å². The van der Waals surface area contributed by atoms with Gasteiger partial charge >= 0.3 is 0 Å². The van der Waals surface area contributed by atoms with E-state index >= 15 is 0 Å². The molecule has 0 aromatic heterocycles. The Balaban J connectivity index is -0.00000000986. The predicted molar refractivity (Wildman–Crippen MR) is 163 cm³/mol. The van der Waals surface area contributed by atoms with E-state index in [0.717, 1.165) is 0 Å². The second-order valence-corrected chi connectivity index (χ2v) is 6.48.